The maximum Gasteiger partial charge on any atom is 0.224 e. The first-order chi connectivity index (χ1) is 15.8. The first-order valence-corrected chi connectivity index (χ1v) is 12.5. The van der Waals surface area contributed by atoms with Gasteiger partial charge in [-0.05, 0) is 62.6 Å². The molecular formula is C27H38N4O2. The fourth-order valence-electron chi connectivity index (χ4n) is 5.68. The van der Waals surface area contributed by atoms with Gasteiger partial charge in [0.2, 0.25) is 11.8 Å². The maximum atomic E-state index is 13.3. The second-order valence-electron chi connectivity index (χ2n) is 10.5. The molecule has 6 heteroatoms. The summed E-state index contributed by atoms with van der Waals surface area (Å²) in [4.78, 5) is 32.8. The quantitative estimate of drug-likeness (QED) is 0.716. The molecule has 4 rings (SSSR count). The number of amides is 2. The van der Waals surface area contributed by atoms with Crippen molar-refractivity contribution in [1.29, 1.82) is 0 Å². The Balaban J connectivity index is 1.40. The third-order valence-corrected chi connectivity index (χ3v) is 7.52. The van der Waals surface area contributed by atoms with Crippen molar-refractivity contribution in [3.63, 3.8) is 0 Å². The van der Waals surface area contributed by atoms with Gasteiger partial charge in [-0.25, -0.2) is 4.98 Å². The van der Waals surface area contributed by atoms with Crippen molar-refractivity contribution in [2.24, 2.45) is 17.3 Å². The molecule has 1 aliphatic heterocycles. The molecule has 2 aromatic rings. The van der Waals surface area contributed by atoms with Gasteiger partial charge in [0, 0.05) is 42.9 Å². The van der Waals surface area contributed by atoms with Gasteiger partial charge >= 0.3 is 0 Å². The van der Waals surface area contributed by atoms with Crippen molar-refractivity contribution < 1.29 is 9.59 Å². The van der Waals surface area contributed by atoms with Crippen molar-refractivity contribution >= 4 is 28.5 Å². The normalized spacial score (nSPS) is 25.0. The highest BCUT2D eigenvalue weighted by molar-refractivity contribution is 5.84. The molecule has 0 unspecified atom stereocenters. The summed E-state index contributed by atoms with van der Waals surface area (Å²) in [5.74, 6) is 1.23. The van der Waals surface area contributed by atoms with Gasteiger partial charge in [-0.1, -0.05) is 38.5 Å². The van der Waals surface area contributed by atoms with E-state index in [1.54, 1.807) is 0 Å². The molecule has 6 nitrogen and oxygen atoms in total. The number of carbonyl (C=O) groups excluding carboxylic acids is 2. The van der Waals surface area contributed by atoms with Gasteiger partial charge in [0.05, 0.1) is 5.52 Å². The summed E-state index contributed by atoms with van der Waals surface area (Å²) in [6.45, 7) is 10.7. The molecule has 0 bridgehead atoms. The number of aromatic nitrogens is 1. The van der Waals surface area contributed by atoms with Crippen LogP contribution in [0, 0.1) is 24.2 Å². The Morgan fingerprint density at radius 3 is 2.70 bits per heavy atom. The van der Waals surface area contributed by atoms with Gasteiger partial charge in [-0.3, -0.25) is 9.59 Å². The molecule has 2 heterocycles. The number of nitrogens with zero attached hydrogens (tertiary/aromatic N) is 2. The number of carbonyl (C=O) groups is 2. The van der Waals surface area contributed by atoms with E-state index in [1.807, 2.05) is 6.92 Å². The Labute approximate surface area is 197 Å². The van der Waals surface area contributed by atoms with Crippen molar-refractivity contribution in [1.82, 2.24) is 15.6 Å². The Bertz CT molecular complexity index is 1020. The Hall–Kier alpha value is -2.63. The molecule has 2 amide bonds. The number of piperidine rings is 1. The van der Waals surface area contributed by atoms with E-state index in [9.17, 15) is 9.59 Å². The van der Waals surface area contributed by atoms with Crippen LogP contribution in [0.1, 0.15) is 58.4 Å². The van der Waals surface area contributed by atoms with E-state index in [4.69, 9.17) is 4.98 Å². The lowest BCUT2D eigenvalue weighted by molar-refractivity contribution is -0.132. The molecule has 1 aliphatic carbocycles. The summed E-state index contributed by atoms with van der Waals surface area (Å²) in [6.07, 6.45) is 4.42. The summed E-state index contributed by atoms with van der Waals surface area (Å²) in [5.41, 5.74) is 2.06. The molecule has 2 fully saturated rings. The highest BCUT2D eigenvalue weighted by Gasteiger charge is 2.41. The van der Waals surface area contributed by atoms with E-state index in [2.05, 4.69) is 66.6 Å². The molecule has 1 aromatic heterocycles. The molecule has 1 saturated heterocycles. The van der Waals surface area contributed by atoms with E-state index in [0.717, 1.165) is 61.9 Å². The molecule has 3 atom stereocenters. The number of nitrogens with one attached hydrogen (secondary N) is 2. The average Bonchev–Trinajstić information content (AvgIpc) is 2.78. The number of fused-ring (bicyclic) bond motifs is 1. The lowest BCUT2D eigenvalue weighted by Gasteiger charge is -2.44. The van der Waals surface area contributed by atoms with Crippen LogP contribution in [-0.2, 0) is 9.59 Å². The number of hydrogen-bond donors (Lipinski definition) is 2. The van der Waals surface area contributed by atoms with Crippen molar-refractivity contribution in [2.45, 2.75) is 65.8 Å². The monoisotopic (exact) mass is 450 g/mol. The largest absolute Gasteiger partial charge is 0.356 e. The van der Waals surface area contributed by atoms with E-state index in [1.165, 1.54) is 5.56 Å². The maximum absolute atomic E-state index is 13.3. The minimum absolute atomic E-state index is 0.0151. The van der Waals surface area contributed by atoms with Gasteiger partial charge < -0.3 is 15.5 Å². The number of para-hydroxylation sites is 1. The summed E-state index contributed by atoms with van der Waals surface area (Å²) in [6, 6.07) is 10.6. The lowest BCUT2D eigenvalue weighted by atomic mass is 9.73. The zero-order chi connectivity index (χ0) is 23.6. The molecular weight excluding hydrogens is 412 g/mol. The topological polar surface area (TPSA) is 74.3 Å². The number of hydrogen-bond acceptors (Lipinski definition) is 4. The van der Waals surface area contributed by atoms with Gasteiger partial charge in [0.25, 0.3) is 0 Å². The van der Waals surface area contributed by atoms with Gasteiger partial charge in [0.15, 0.2) is 0 Å². The van der Waals surface area contributed by atoms with Crippen LogP contribution in [0.15, 0.2) is 30.3 Å². The SMILES string of the molecule is CCNC(=O)[C@H]1CCC[C@H](NC(=O)[C@H]2CCN(c3ccc4cccc(C)c4n3)CC2(C)C)C1. The van der Waals surface area contributed by atoms with Gasteiger partial charge in [-0.2, -0.15) is 0 Å². The number of aryl methyl sites for hydroxylation is 1. The molecule has 1 aromatic carbocycles. The van der Waals surface area contributed by atoms with Crippen LogP contribution < -0.4 is 15.5 Å². The van der Waals surface area contributed by atoms with Crippen LogP contribution in [-0.4, -0.2) is 42.5 Å². The highest BCUT2D eigenvalue weighted by Crippen LogP contribution is 2.37. The van der Waals surface area contributed by atoms with Crippen LogP contribution in [0.4, 0.5) is 5.82 Å². The van der Waals surface area contributed by atoms with Crippen LogP contribution >= 0.6 is 0 Å². The lowest BCUT2D eigenvalue weighted by Crippen LogP contribution is -2.53. The highest BCUT2D eigenvalue weighted by atomic mass is 16.2. The molecule has 0 spiro atoms. The third kappa shape index (κ3) is 5.15. The Morgan fingerprint density at radius 2 is 1.94 bits per heavy atom. The summed E-state index contributed by atoms with van der Waals surface area (Å²) in [5, 5.41) is 7.40. The van der Waals surface area contributed by atoms with Gasteiger partial charge in [-0.15, -0.1) is 0 Å². The molecule has 178 valence electrons. The standard InChI is InChI=1S/C27H38N4O2/c1-5-28-25(32)20-10-7-11-21(16-20)29-26(33)22-14-15-31(17-27(22,3)4)23-13-12-19-9-6-8-18(2)24(19)30-23/h6,8-9,12-13,20-22H,5,7,10-11,14-17H2,1-4H3,(H,28,32)(H,29,33)/t20-,21-,22+/m0/s1. The molecule has 2 N–H and O–H groups in total. The van der Waals surface area contributed by atoms with E-state index in [-0.39, 0.29) is 35.1 Å². The van der Waals surface area contributed by atoms with Crippen molar-refractivity contribution in [3.05, 3.63) is 35.9 Å². The predicted molar refractivity (Wildman–Crippen MR) is 133 cm³/mol. The minimum Gasteiger partial charge on any atom is -0.356 e. The molecule has 0 radical (unpaired) electrons. The molecule has 33 heavy (non-hydrogen) atoms. The fourth-order valence-corrected chi connectivity index (χ4v) is 5.68. The van der Waals surface area contributed by atoms with Crippen molar-refractivity contribution in [3.8, 4) is 0 Å². The zero-order valence-corrected chi connectivity index (χ0v) is 20.5. The van der Waals surface area contributed by atoms with Crippen molar-refractivity contribution in [2.75, 3.05) is 24.5 Å². The smallest absolute Gasteiger partial charge is 0.224 e. The number of benzene rings is 1. The number of anilines is 1. The first kappa shape index (κ1) is 23.5. The third-order valence-electron chi connectivity index (χ3n) is 7.52. The van der Waals surface area contributed by atoms with Crippen LogP contribution in [0.5, 0.6) is 0 Å². The van der Waals surface area contributed by atoms with Crippen LogP contribution in [0.25, 0.3) is 10.9 Å². The summed E-state index contributed by atoms with van der Waals surface area (Å²) < 4.78 is 0. The number of pyridine rings is 1. The van der Waals surface area contributed by atoms with Gasteiger partial charge in [0.1, 0.15) is 5.82 Å². The zero-order valence-electron chi connectivity index (χ0n) is 20.5. The Kier molecular flexibility index (Phi) is 6.91. The summed E-state index contributed by atoms with van der Waals surface area (Å²) in [7, 11) is 0. The van der Waals surface area contributed by atoms with Crippen LogP contribution in [0.2, 0.25) is 0 Å². The summed E-state index contributed by atoms with van der Waals surface area (Å²) >= 11 is 0. The first-order valence-electron chi connectivity index (χ1n) is 12.5. The molecule has 1 saturated carbocycles. The number of rotatable bonds is 5. The van der Waals surface area contributed by atoms with Crippen LogP contribution in [0.3, 0.4) is 0 Å². The Morgan fingerprint density at radius 1 is 1.12 bits per heavy atom. The van der Waals surface area contributed by atoms with E-state index >= 15 is 0 Å². The van der Waals surface area contributed by atoms with E-state index in [0.29, 0.717) is 6.54 Å². The van der Waals surface area contributed by atoms with E-state index < -0.39 is 0 Å². The minimum atomic E-state index is -0.168. The predicted octanol–water partition coefficient (Wildman–Crippen LogP) is 4.21. The average molecular weight is 451 g/mol. The molecule has 2 aliphatic rings. The second kappa shape index (κ2) is 9.70. The second-order valence-corrected chi connectivity index (χ2v) is 10.5. The fraction of sp³-hybridized carbons (Fsp3) is 0.593.